The highest BCUT2D eigenvalue weighted by Crippen LogP contribution is 2.34. The van der Waals surface area contributed by atoms with Crippen LogP contribution in [0.3, 0.4) is 0 Å². The van der Waals surface area contributed by atoms with Gasteiger partial charge in [0.15, 0.2) is 15.6 Å². The highest BCUT2D eigenvalue weighted by molar-refractivity contribution is 7.91. The number of carbonyl (C=O) groups is 2. The van der Waals surface area contributed by atoms with Gasteiger partial charge in [-0.3, -0.25) is 9.59 Å². The summed E-state index contributed by atoms with van der Waals surface area (Å²) in [5.74, 6) is -2.55. The molecule has 0 aromatic heterocycles. The number of hydrogen-bond donors (Lipinski definition) is 1. The summed E-state index contributed by atoms with van der Waals surface area (Å²) in [6.07, 6.45) is 18.3. The first kappa shape index (κ1) is 35.2. The van der Waals surface area contributed by atoms with Crippen LogP contribution in [0.25, 0.3) is 0 Å². The molecule has 9 heteroatoms. The van der Waals surface area contributed by atoms with E-state index in [4.69, 9.17) is 17.3 Å². The van der Waals surface area contributed by atoms with Crippen molar-refractivity contribution in [2.45, 2.75) is 127 Å². The van der Waals surface area contributed by atoms with Crippen LogP contribution in [0.4, 0.5) is 10.1 Å². The van der Waals surface area contributed by atoms with Gasteiger partial charge in [-0.2, -0.15) is 0 Å². The number of rotatable bonds is 19. The van der Waals surface area contributed by atoms with Gasteiger partial charge in [0.25, 0.3) is 0 Å². The molecular weight excluding hydrogens is 587 g/mol. The van der Waals surface area contributed by atoms with Crippen molar-refractivity contribution >= 4 is 38.8 Å². The molecule has 1 aliphatic heterocycles. The van der Waals surface area contributed by atoms with E-state index in [9.17, 15) is 18.0 Å². The highest BCUT2D eigenvalue weighted by atomic mass is 35.5. The van der Waals surface area contributed by atoms with Crippen molar-refractivity contribution in [1.82, 2.24) is 0 Å². The number of amides is 1. The molecule has 2 N–H and O–H groups in total. The highest BCUT2D eigenvalue weighted by Gasteiger charge is 2.37. The number of Topliss-reactive ketones (excluding diaryl/α,β-unsaturated/α-hetero) is 1. The van der Waals surface area contributed by atoms with E-state index < -0.39 is 39.1 Å². The molecule has 1 aliphatic rings. The van der Waals surface area contributed by atoms with Crippen LogP contribution >= 0.6 is 11.6 Å². The Balaban J connectivity index is 1.51. The molecule has 1 atom stereocenters. The van der Waals surface area contributed by atoms with Gasteiger partial charge >= 0.3 is 0 Å². The molecule has 0 saturated heterocycles. The van der Waals surface area contributed by atoms with Gasteiger partial charge in [0.05, 0.1) is 34.5 Å². The third-order valence-electron chi connectivity index (χ3n) is 8.22. The number of unbranched alkanes of at least 4 members (excludes halogenated alkanes) is 14. The smallest absolute Gasteiger partial charge is 0.245 e. The van der Waals surface area contributed by atoms with Gasteiger partial charge in [0, 0.05) is 11.4 Å². The summed E-state index contributed by atoms with van der Waals surface area (Å²) in [7, 11) is -4.06. The lowest BCUT2D eigenvalue weighted by atomic mass is 10.0. The van der Waals surface area contributed by atoms with E-state index in [-0.39, 0.29) is 29.1 Å². The minimum atomic E-state index is -4.06. The molecule has 0 fully saturated rings. The lowest BCUT2D eigenvalue weighted by molar-refractivity contribution is -0.119. The number of sulfone groups is 1. The molecule has 1 heterocycles. The van der Waals surface area contributed by atoms with E-state index in [2.05, 4.69) is 6.92 Å². The van der Waals surface area contributed by atoms with Gasteiger partial charge in [-0.15, -0.1) is 0 Å². The largest absolute Gasteiger partial charge is 0.319 e. The van der Waals surface area contributed by atoms with Crippen molar-refractivity contribution in [3.8, 4) is 0 Å². The maximum atomic E-state index is 15.2. The molecule has 0 aliphatic carbocycles. The van der Waals surface area contributed by atoms with E-state index in [1.165, 1.54) is 81.6 Å². The van der Waals surface area contributed by atoms with E-state index in [1.54, 1.807) is 24.3 Å². The fraction of sp³-hybridized carbons (Fsp3) is 0.588. The topological polar surface area (TPSA) is 97.5 Å². The van der Waals surface area contributed by atoms with Gasteiger partial charge in [-0.05, 0) is 36.2 Å². The minimum absolute atomic E-state index is 0.00450. The normalized spacial score (nSPS) is 16.2. The predicted molar refractivity (Wildman–Crippen MR) is 173 cm³/mol. The quantitative estimate of drug-likeness (QED) is 0.123. The van der Waals surface area contributed by atoms with Crippen molar-refractivity contribution in [2.24, 2.45) is 5.73 Å². The fourth-order valence-electron chi connectivity index (χ4n) is 5.66. The first-order valence-corrected chi connectivity index (χ1v) is 18.1. The predicted octanol–water partition coefficient (Wildman–Crippen LogP) is 8.57. The zero-order valence-corrected chi connectivity index (χ0v) is 27.2. The Bertz CT molecular complexity index is 1300. The summed E-state index contributed by atoms with van der Waals surface area (Å²) in [4.78, 5) is 27.1. The number of fused-ring (bicyclic) bond motifs is 1. The zero-order chi connectivity index (χ0) is 31.2. The van der Waals surface area contributed by atoms with E-state index in [1.807, 2.05) is 0 Å². The van der Waals surface area contributed by atoms with Gasteiger partial charge in [0.2, 0.25) is 5.91 Å². The lowest BCUT2D eigenvalue weighted by Gasteiger charge is -2.25. The average Bonchev–Trinajstić information content (AvgIpc) is 3.04. The number of nitrogens with zero attached hydrogens (tertiary/aromatic N) is 1. The van der Waals surface area contributed by atoms with Crippen LogP contribution in [0, 0.1) is 5.82 Å². The van der Waals surface area contributed by atoms with Crippen molar-refractivity contribution in [3.05, 3.63) is 58.4 Å². The maximum Gasteiger partial charge on any atom is 0.245 e. The second-order valence-corrected chi connectivity index (χ2v) is 14.3. The van der Waals surface area contributed by atoms with Crippen LogP contribution in [0.15, 0.2) is 41.3 Å². The molecular formula is C34H48ClFN2O4S. The van der Waals surface area contributed by atoms with E-state index >= 15 is 4.39 Å². The van der Waals surface area contributed by atoms with Crippen molar-refractivity contribution in [1.29, 1.82) is 0 Å². The molecule has 0 saturated carbocycles. The van der Waals surface area contributed by atoms with Gasteiger partial charge < -0.3 is 10.6 Å². The third-order valence-corrected chi connectivity index (χ3v) is 10.3. The maximum absolute atomic E-state index is 15.2. The van der Waals surface area contributed by atoms with Crippen molar-refractivity contribution in [3.63, 3.8) is 0 Å². The number of hydrogen-bond acceptors (Lipinski definition) is 5. The molecule has 2 aromatic carbocycles. The number of anilines is 1. The summed E-state index contributed by atoms with van der Waals surface area (Å²) in [5, 5.41) is 0.513. The summed E-state index contributed by atoms with van der Waals surface area (Å²) in [6.45, 7) is 2.25. The Morgan fingerprint density at radius 1 is 0.884 bits per heavy atom. The van der Waals surface area contributed by atoms with E-state index in [0.717, 1.165) is 25.3 Å². The first-order valence-electron chi connectivity index (χ1n) is 16.0. The van der Waals surface area contributed by atoms with Gasteiger partial charge in [0.1, 0.15) is 5.82 Å². The number of nitrogens with two attached hydrogens (primary N) is 1. The summed E-state index contributed by atoms with van der Waals surface area (Å²) in [6, 6.07) is 7.51. The standard InChI is InChI=1S/C34H48ClFN2O4S/c1-2-3-4-5-6-7-8-9-10-11-12-13-14-15-16-17-32(39)28-22-31-33(23-29(28)36)43(41,42)25-30(37)34(40)38(31)24-26-18-20-27(35)21-19-26/h18-23,30H,2-17,24-25,37H2,1H3/t30-/m0/s1. The number of halogens is 2. The fourth-order valence-corrected chi connectivity index (χ4v) is 7.35. The molecule has 0 bridgehead atoms. The summed E-state index contributed by atoms with van der Waals surface area (Å²) >= 11 is 5.98. The molecule has 1 amide bonds. The Morgan fingerprint density at radius 2 is 1.40 bits per heavy atom. The molecule has 0 radical (unpaired) electrons. The van der Waals surface area contributed by atoms with Gasteiger partial charge in [-0.1, -0.05) is 121 Å². The Labute approximate surface area is 262 Å². The van der Waals surface area contributed by atoms with Gasteiger partial charge in [-0.25, -0.2) is 12.8 Å². The Kier molecular flexibility index (Phi) is 14.6. The molecule has 3 rings (SSSR count). The zero-order valence-electron chi connectivity index (χ0n) is 25.6. The monoisotopic (exact) mass is 634 g/mol. The van der Waals surface area contributed by atoms with Crippen LogP contribution < -0.4 is 10.6 Å². The number of ketones is 1. The second-order valence-electron chi connectivity index (χ2n) is 11.9. The molecule has 238 valence electrons. The number of carbonyl (C=O) groups excluding carboxylic acids is 2. The Hall–Kier alpha value is -2.29. The molecule has 43 heavy (non-hydrogen) atoms. The SMILES string of the molecule is CCCCCCCCCCCCCCCCCC(=O)c1cc2c(cc1F)S(=O)(=O)C[C@H](N)C(=O)N2Cc1ccc(Cl)cc1. The van der Waals surface area contributed by atoms with Crippen LogP contribution in [0.5, 0.6) is 0 Å². The molecule has 0 unspecified atom stereocenters. The van der Waals surface area contributed by atoms with Crippen LogP contribution in [0.2, 0.25) is 5.02 Å². The average molecular weight is 635 g/mol. The van der Waals surface area contributed by atoms with Crippen molar-refractivity contribution in [2.75, 3.05) is 10.7 Å². The van der Waals surface area contributed by atoms with Crippen molar-refractivity contribution < 1.29 is 22.4 Å². The lowest BCUT2D eigenvalue weighted by Crippen LogP contribution is -2.45. The second kappa shape index (κ2) is 17.9. The van der Waals surface area contributed by atoms with E-state index in [0.29, 0.717) is 17.0 Å². The van der Waals surface area contributed by atoms with Crippen LogP contribution in [-0.4, -0.2) is 31.9 Å². The summed E-state index contributed by atoms with van der Waals surface area (Å²) < 4.78 is 41.2. The van der Waals surface area contributed by atoms with Crippen LogP contribution in [-0.2, 0) is 21.2 Å². The first-order chi connectivity index (χ1) is 20.6. The number of benzene rings is 2. The third kappa shape index (κ3) is 11.0. The Morgan fingerprint density at radius 3 is 1.93 bits per heavy atom. The minimum Gasteiger partial charge on any atom is -0.319 e. The molecule has 2 aromatic rings. The molecule has 0 spiro atoms. The molecule has 6 nitrogen and oxygen atoms in total. The summed E-state index contributed by atoms with van der Waals surface area (Å²) in [5.41, 5.74) is 6.42. The van der Waals surface area contributed by atoms with Crippen LogP contribution in [0.1, 0.15) is 126 Å².